The lowest BCUT2D eigenvalue weighted by Gasteiger charge is -2.50. The number of benzene rings is 2. The smallest absolute Gasteiger partial charge is 0.324 e. The number of rotatable bonds is 3. The number of ether oxygens (including phenoxy) is 1. The number of sulfone groups is 1. The minimum absolute atomic E-state index is 0.193. The number of nitrogens with one attached hydrogen (secondary N) is 2. The summed E-state index contributed by atoms with van der Waals surface area (Å²) in [5, 5.41) is 3.34. The molecule has 3 atom stereocenters. The van der Waals surface area contributed by atoms with Crippen molar-refractivity contribution >= 4 is 56.6 Å². The van der Waals surface area contributed by atoms with Gasteiger partial charge in [-0.2, -0.15) is 0 Å². The highest BCUT2D eigenvalue weighted by Crippen LogP contribution is 2.56. The maximum atomic E-state index is 13.7. The summed E-state index contributed by atoms with van der Waals surface area (Å²) >= 11 is 11.1. The van der Waals surface area contributed by atoms with Gasteiger partial charge in [-0.25, -0.2) is 8.42 Å². The monoisotopic (exact) mass is 520 g/mol. The molecule has 11 heteroatoms. The molecule has 34 heavy (non-hydrogen) atoms. The quantitative estimate of drug-likeness (QED) is 0.361. The zero-order valence-corrected chi connectivity index (χ0v) is 20.6. The van der Waals surface area contributed by atoms with Crippen molar-refractivity contribution in [2.45, 2.75) is 24.0 Å². The molecule has 2 aliphatic rings. The van der Waals surface area contributed by atoms with E-state index in [9.17, 15) is 22.8 Å². The van der Waals surface area contributed by atoms with Crippen molar-refractivity contribution in [2.24, 2.45) is 5.41 Å². The predicted octanol–water partition coefficient (Wildman–Crippen LogP) is 2.00. The van der Waals surface area contributed by atoms with E-state index in [-0.39, 0.29) is 10.7 Å². The largest absolute Gasteiger partial charge is 0.468 e. The van der Waals surface area contributed by atoms with Crippen molar-refractivity contribution in [3.63, 3.8) is 0 Å². The zero-order valence-electron chi connectivity index (χ0n) is 18.2. The van der Waals surface area contributed by atoms with Crippen LogP contribution in [0.1, 0.15) is 28.5 Å². The number of aryl methyl sites for hydroxylation is 1. The Hall–Kier alpha value is -2.82. The minimum atomic E-state index is -4.19. The Bertz CT molecular complexity index is 1270. The standard InChI is InChI=1S/C23H21ClN2O6S2/c1-12-3-5-13(6-4-12)16-11-34(30,31)18(19(27)32-2)17(14-7-9-15(24)10-8-14)23(16)20(28)25-22(33)26-21(23)29/h3-10,16-18H,11H2,1-2H3,(H2,25,26,28,29,33)/t16-,17-,18+/m0/s1. The van der Waals surface area contributed by atoms with E-state index >= 15 is 0 Å². The van der Waals surface area contributed by atoms with E-state index < -0.39 is 55.9 Å². The molecule has 2 aromatic carbocycles. The van der Waals surface area contributed by atoms with Gasteiger partial charge < -0.3 is 15.4 Å². The second-order valence-corrected chi connectivity index (χ2v) is 11.4. The third-order valence-corrected chi connectivity index (χ3v) is 8.97. The maximum Gasteiger partial charge on any atom is 0.324 e. The molecule has 2 amide bonds. The minimum Gasteiger partial charge on any atom is -0.468 e. The Balaban J connectivity index is 2.08. The molecule has 4 rings (SSSR count). The molecular formula is C23H21ClN2O6S2. The lowest BCUT2D eigenvalue weighted by atomic mass is 9.59. The van der Waals surface area contributed by atoms with Gasteiger partial charge in [0.25, 0.3) is 0 Å². The SMILES string of the molecule is COC(=O)[C@H]1[C@H](c2ccc(Cl)cc2)C2(C(=O)NC(=S)NC2=O)[C@H](c2ccc(C)cc2)CS1(=O)=O. The fourth-order valence-corrected chi connectivity index (χ4v) is 7.56. The average molecular weight is 521 g/mol. The van der Waals surface area contributed by atoms with Gasteiger partial charge in [-0.15, -0.1) is 0 Å². The second kappa shape index (κ2) is 8.75. The molecular weight excluding hydrogens is 500 g/mol. The summed E-state index contributed by atoms with van der Waals surface area (Å²) in [5.41, 5.74) is -0.361. The van der Waals surface area contributed by atoms with E-state index in [4.69, 9.17) is 28.6 Å². The van der Waals surface area contributed by atoms with Crippen molar-refractivity contribution < 1.29 is 27.5 Å². The second-order valence-electron chi connectivity index (χ2n) is 8.37. The number of halogens is 1. The van der Waals surface area contributed by atoms with Crippen molar-refractivity contribution in [2.75, 3.05) is 12.9 Å². The highest BCUT2D eigenvalue weighted by molar-refractivity contribution is 7.92. The van der Waals surface area contributed by atoms with Gasteiger partial charge in [-0.1, -0.05) is 53.6 Å². The fourth-order valence-electron chi connectivity index (χ4n) is 4.94. The normalized spacial score (nSPS) is 25.4. The van der Waals surface area contributed by atoms with E-state index in [0.717, 1.165) is 12.7 Å². The van der Waals surface area contributed by atoms with Crippen LogP contribution in [-0.2, 0) is 29.0 Å². The van der Waals surface area contributed by atoms with E-state index in [2.05, 4.69) is 10.6 Å². The summed E-state index contributed by atoms with van der Waals surface area (Å²) < 4.78 is 32.0. The molecule has 1 spiro atoms. The Morgan fingerprint density at radius 1 is 1.03 bits per heavy atom. The number of carbonyl (C=O) groups excluding carboxylic acids is 3. The Morgan fingerprint density at radius 2 is 1.56 bits per heavy atom. The lowest BCUT2D eigenvalue weighted by Crippen LogP contribution is -2.71. The molecule has 2 heterocycles. The van der Waals surface area contributed by atoms with Crippen LogP contribution in [-0.4, -0.2) is 49.4 Å². The van der Waals surface area contributed by atoms with Gasteiger partial charge in [0.15, 0.2) is 20.2 Å². The molecule has 2 aromatic rings. The summed E-state index contributed by atoms with van der Waals surface area (Å²) in [6.45, 7) is 1.86. The molecule has 0 bridgehead atoms. The van der Waals surface area contributed by atoms with Crippen molar-refractivity contribution in [1.29, 1.82) is 0 Å². The number of amides is 2. The highest BCUT2D eigenvalue weighted by Gasteiger charge is 2.69. The van der Waals surface area contributed by atoms with Crippen LogP contribution < -0.4 is 10.6 Å². The van der Waals surface area contributed by atoms with Crippen LogP contribution in [0, 0.1) is 12.3 Å². The summed E-state index contributed by atoms with van der Waals surface area (Å²) in [6, 6.07) is 12.9. The van der Waals surface area contributed by atoms with Gasteiger partial charge in [-0.3, -0.25) is 14.4 Å². The van der Waals surface area contributed by atoms with Crippen LogP contribution in [0.5, 0.6) is 0 Å². The summed E-state index contributed by atoms with van der Waals surface area (Å²) in [7, 11) is -3.12. The zero-order chi connectivity index (χ0) is 24.8. The first-order valence-electron chi connectivity index (χ1n) is 10.3. The molecule has 0 aliphatic carbocycles. The molecule has 0 unspecified atom stereocenters. The van der Waals surface area contributed by atoms with Crippen LogP contribution in [0.3, 0.4) is 0 Å². The molecule has 178 valence electrons. The van der Waals surface area contributed by atoms with Crippen LogP contribution in [0.2, 0.25) is 5.02 Å². The molecule has 0 saturated carbocycles. The lowest BCUT2D eigenvalue weighted by molar-refractivity contribution is -0.150. The van der Waals surface area contributed by atoms with Gasteiger partial charge >= 0.3 is 5.97 Å². The van der Waals surface area contributed by atoms with Crippen LogP contribution in [0.15, 0.2) is 48.5 Å². The number of esters is 1. The number of methoxy groups -OCH3 is 1. The van der Waals surface area contributed by atoms with E-state index in [0.29, 0.717) is 10.6 Å². The molecule has 2 saturated heterocycles. The Kier molecular flexibility index (Phi) is 6.26. The topological polar surface area (TPSA) is 119 Å². The van der Waals surface area contributed by atoms with Crippen LogP contribution >= 0.6 is 23.8 Å². The van der Waals surface area contributed by atoms with E-state index in [1.54, 1.807) is 24.3 Å². The Labute approximate surface area is 206 Å². The predicted molar refractivity (Wildman–Crippen MR) is 129 cm³/mol. The molecule has 8 nitrogen and oxygen atoms in total. The summed E-state index contributed by atoms with van der Waals surface area (Å²) in [4.78, 5) is 40.4. The number of hydrogen-bond donors (Lipinski definition) is 2. The third kappa shape index (κ3) is 3.79. The van der Waals surface area contributed by atoms with Crippen molar-refractivity contribution in [3.8, 4) is 0 Å². The van der Waals surface area contributed by atoms with Gasteiger partial charge in [-0.05, 0) is 42.4 Å². The van der Waals surface area contributed by atoms with Gasteiger partial charge in [0, 0.05) is 16.9 Å². The average Bonchev–Trinajstić information content (AvgIpc) is 2.77. The van der Waals surface area contributed by atoms with Gasteiger partial charge in [0.2, 0.25) is 11.8 Å². The van der Waals surface area contributed by atoms with Gasteiger partial charge in [0.1, 0.15) is 5.41 Å². The molecule has 2 N–H and O–H groups in total. The van der Waals surface area contributed by atoms with Crippen LogP contribution in [0.25, 0.3) is 0 Å². The highest BCUT2D eigenvalue weighted by atomic mass is 35.5. The van der Waals surface area contributed by atoms with Crippen LogP contribution in [0.4, 0.5) is 0 Å². The van der Waals surface area contributed by atoms with Gasteiger partial charge in [0.05, 0.1) is 12.9 Å². The van der Waals surface area contributed by atoms with E-state index in [1.165, 1.54) is 24.3 Å². The Morgan fingerprint density at radius 3 is 2.09 bits per heavy atom. The first kappa shape index (κ1) is 24.3. The first-order chi connectivity index (χ1) is 16.0. The van der Waals surface area contributed by atoms with Crippen molar-refractivity contribution in [1.82, 2.24) is 10.6 Å². The summed E-state index contributed by atoms with van der Waals surface area (Å²) in [5.74, 6) is -5.76. The first-order valence-corrected chi connectivity index (χ1v) is 12.8. The summed E-state index contributed by atoms with van der Waals surface area (Å²) in [6.07, 6.45) is 0. The number of hydrogen-bond acceptors (Lipinski definition) is 7. The maximum absolute atomic E-state index is 13.7. The number of thiocarbonyl (C=S) groups is 1. The van der Waals surface area contributed by atoms with Crippen molar-refractivity contribution in [3.05, 3.63) is 70.2 Å². The third-order valence-electron chi connectivity index (χ3n) is 6.48. The molecule has 2 fully saturated rings. The van der Waals surface area contributed by atoms with E-state index in [1.807, 2.05) is 6.92 Å². The number of carbonyl (C=O) groups is 3. The fraction of sp³-hybridized carbons (Fsp3) is 0.304. The molecule has 0 aromatic heterocycles. The molecule has 2 aliphatic heterocycles. The molecule has 0 radical (unpaired) electrons.